The van der Waals surface area contributed by atoms with Gasteiger partial charge in [-0.15, -0.1) is 0 Å². The van der Waals surface area contributed by atoms with Gasteiger partial charge in [-0.25, -0.2) is 5.43 Å². The first kappa shape index (κ1) is 26.2. The minimum atomic E-state index is 0.314. The van der Waals surface area contributed by atoms with Gasteiger partial charge in [0, 0.05) is 23.8 Å². The van der Waals surface area contributed by atoms with Crippen LogP contribution in [-0.2, 0) is 11.3 Å². The van der Waals surface area contributed by atoms with E-state index in [1.165, 1.54) is 0 Å². The Kier molecular flexibility index (Phi) is 8.67. The number of rotatable bonds is 10. The Balaban J connectivity index is 1.31. The molecule has 1 saturated heterocycles. The monoisotopic (exact) mass is 545 g/mol. The lowest BCUT2D eigenvalue weighted by atomic mass is 10.2. The summed E-state index contributed by atoms with van der Waals surface area (Å²) in [4.78, 5) is 15.7. The Hall–Kier alpha value is -4.41. The first-order valence-electron chi connectivity index (χ1n) is 12.4. The van der Waals surface area contributed by atoms with Crippen LogP contribution in [0.3, 0.4) is 0 Å². The van der Waals surface area contributed by atoms with Gasteiger partial charge >= 0.3 is 0 Å². The SMILES string of the molecule is COc1ccc(/C=N/Nc2nc(Nc3ccccc3)nc(N3CCOCC3)n2)cc1OCc1ccc(Cl)cc1. The van der Waals surface area contributed by atoms with Gasteiger partial charge in [0.25, 0.3) is 0 Å². The molecule has 2 heterocycles. The fourth-order valence-corrected chi connectivity index (χ4v) is 3.94. The molecule has 1 aliphatic heterocycles. The van der Waals surface area contributed by atoms with Crippen LogP contribution in [0.4, 0.5) is 23.5 Å². The number of nitrogens with one attached hydrogen (secondary N) is 2. The van der Waals surface area contributed by atoms with Crippen molar-refractivity contribution in [1.82, 2.24) is 15.0 Å². The summed E-state index contributed by atoms with van der Waals surface area (Å²) >= 11 is 5.98. The number of morpholine rings is 1. The van der Waals surface area contributed by atoms with Crippen LogP contribution in [0.15, 0.2) is 77.9 Å². The molecule has 10 nitrogen and oxygen atoms in total. The summed E-state index contributed by atoms with van der Waals surface area (Å²) in [6.45, 7) is 3.00. The van der Waals surface area contributed by atoms with Crippen LogP contribution in [0.2, 0.25) is 5.02 Å². The number of para-hydroxylation sites is 1. The molecule has 5 rings (SSSR count). The Morgan fingerprint density at radius 3 is 2.49 bits per heavy atom. The zero-order chi connectivity index (χ0) is 26.9. The topological polar surface area (TPSA) is 106 Å². The maximum absolute atomic E-state index is 6.01. The third-order valence-electron chi connectivity index (χ3n) is 5.82. The zero-order valence-electron chi connectivity index (χ0n) is 21.4. The number of nitrogens with zero attached hydrogens (tertiary/aromatic N) is 5. The molecular weight excluding hydrogens is 518 g/mol. The van der Waals surface area contributed by atoms with E-state index in [9.17, 15) is 0 Å². The second-order valence-electron chi connectivity index (χ2n) is 8.57. The molecule has 1 fully saturated rings. The molecule has 1 aliphatic rings. The summed E-state index contributed by atoms with van der Waals surface area (Å²) in [5.41, 5.74) is 5.60. The largest absolute Gasteiger partial charge is 0.493 e. The van der Waals surface area contributed by atoms with Crippen LogP contribution in [0.25, 0.3) is 0 Å². The van der Waals surface area contributed by atoms with Crippen LogP contribution in [-0.4, -0.2) is 54.6 Å². The van der Waals surface area contributed by atoms with Crippen molar-refractivity contribution < 1.29 is 14.2 Å². The summed E-state index contributed by atoms with van der Waals surface area (Å²) in [6.07, 6.45) is 1.66. The molecule has 0 saturated carbocycles. The lowest BCUT2D eigenvalue weighted by molar-refractivity contribution is 0.122. The molecule has 0 atom stereocenters. The molecule has 1 aromatic heterocycles. The van der Waals surface area contributed by atoms with Crippen molar-refractivity contribution in [2.24, 2.45) is 5.10 Å². The third-order valence-corrected chi connectivity index (χ3v) is 6.07. The van der Waals surface area contributed by atoms with Gasteiger partial charge in [-0.3, -0.25) is 0 Å². The summed E-state index contributed by atoms with van der Waals surface area (Å²) < 4.78 is 16.9. The van der Waals surface area contributed by atoms with Crippen LogP contribution < -0.4 is 25.1 Å². The number of hydrazone groups is 1. The summed E-state index contributed by atoms with van der Waals surface area (Å²) in [5, 5.41) is 8.27. The molecule has 0 amide bonds. The molecule has 0 unspecified atom stereocenters. The molecule has 0 bridgehead atoms. The molecule has 3 aromatic carbocycles. The van der Waals surface area contributed by atoms with E-state index in [2.05, 4.69) is 35.7 Å². The highest BCUT2D eigenvalue weighted by Crippen LogP contribution is 2.28. The average molecular weight is 546 g/mol. The van der Waals surface area contributed by atoms with Gasteiger partial charge in [0.05, 0.1) is 26.5 Å². The van der Waals surface area contributed by atoms with E-state index in [1.807, 2.05) is 72.8 Å². The molecule has 4 aromatic rings. The highest BCUT2D eigenvalue weighted by atomic mass is 35.5. The fourth-order valence-electron chi connectivity index (χ4n) is 3.82. The van der Waals surface area contributed by atoms with Gasteiger partial charge < -0.3 is 24.4 Å². The van der Waals surface area contributed by atoms with E-state index >= 15 is 0 Å². The van der Waals surface area contributed by atoms with Crippen LogP contribution in [0.5, 0.6) is 11.5 Å². The second-order valence-corrected chi connectivity index (χ2v) is 9.00. The molecule has 39 heavy (non-hydrogen) atoms. The van der Waals surface area contributed by atoms with Crippen molar-refractivity contribution in [1.29, 1.82) is 0 Å². The molecule has 0 radical (unpaired) electrons. The van der Waals surface area contributed by atoms with Gasteiger partial charge in [-0.2, -0.15) is 20.1 Å². The quantitative estimate of drug-likeness (QED) is 0.207. The van der Waals surface area contributed by atoms with Crippen molar-refractivity contribution in [2.75, 3.05) is 49.1 Å². The van der Waals surface area contributed by atoms with E-state index < -0.39 is 0 Å². The zero-order valence-corrected chi connectivity index (χ0v) is 22.1. The van der Waals surface area contributed by atoms with Crippen LogP contribution in [0.1, 0.15) is 11.1 Å². The Bertz CT molecular complexity index is 1400. The third kappa shape index (κ3) is 7.34. The van der Waals surface area contributed by atoms with Crippen molar-refractivity contribution >= 4 is 41.3 Å². The minimum Gasteiger partial charge on any atom is -0.493 e. The maximum Gasteiger partial charge on any atom is 0.250 e. The lowest BCUT2D eigenvalue weighted by Gasteiger charge is -2.27. The van der Waals surface area contributed by atoms with E-state index in [0.29, 0.717) is 67.3 Å². The highest BCUT2D eigenvalue weighted by molar-refractivity contribution is 6.30. The molecule has 0 spiro atoms. The van der Waals surface area contributed by atoms with Crippen LogP contribution >= 0.6 is 11.6 Å². The molecule has 11 heteroatoms. The average Bonchev–Trinajstić information content (AvgIpc) is 2.98. The predicted molar refractivity (Wildman–Crippen MR) is 153 cm³/mol. The first-order chi connectivity index (χ1) is 19.2. The highest BCUT2D eigenvalue weighted by Gasteiger charge is 2.17. The molecule has 2 N–H and O–H groups in total. The number of methoxy groups -OCH3 is 1. The second kappa shape index (κ2) is 12.9. The Labute approximate surface area is 231 Å². The van der Waals surface area contributed by atoms with Crippen molar-refractivity contribution in [3.8, 4) is 11.5 Å². The minimum absolute atomic E-state index is 0.314. The standard InChI is InChI=1S/C28H28ClN7O3/c1-37-24-12-9-21(17-25(24)39-19-20-7-10-22(29)11-8-20)18-30-35-27-32-26(31-23-5-3-2-4-6-23)33-28(34-27)36-13-15-38-16-14-36/h2-12,17-18H,13-16,19H2,1H3,(H2,31,32,33,34,35)/b30-18+. The normalized spacial score (nSPS) is 13.3. The summed E-state index contributed by atoms with van der Waals surface area (Å²) in [6, 6.07) is 22.8. The number of aromatic nitrogens is 3. The van der Waals surface area contributed by atoms with Crippen molar-refractivity contribution in [3.05, 3.63) is 88.9 Å². The van der Waals surface area contributed by atoms with E-state index in [4.69, 9.17) is 25.8 Å². The van der Waals surface area contributed by atoms with E-state index in [1.54, 1.807) is 13.3 Å². The number of hydrogen-bond acceptors (Lipinski definition) is 10. The Morgan fingerprint density at radius 2 is 1.72 bits per heavy atom. The molecular formula is C28H28ClN7O3. The molecule has 0 aliphatic carbocycles. The number of hydrogen-bond donors (Lipinski definition) is 2. The van der Waals surface area contributed by atoms with Crippen molar-refractivity contribution in [2.45, 2.75) is 6.61 Å². The Morgan fingerprint density at radius 1 is 0.949 bits per heavy atom. The first-order valence-corrected chi connectivity index (χ1v) is 12.8. The smallest absolute Gasteiger partial charge is 0.250 e. The van der Waals surface area contributed by atoms with E-state index in [-0.39, 0.29) is 0 Å². The maximum atomic E-state index is 6.01. The number of benzene rings is 3. The molecule has 200 valence electrons. The predicted octanol–water partition coefficient (Wildman–Crippen LogP) is 5.14. The lowest BCUT2D eigenvalue weighted by Crippen LogP contribution is -2.37. The van der Waals surface area contributed by atoms with Gasteiger partial charge in [-0.05, 0) is 53.6 Å². The summed E-state index contributed by atoms with van der Waals surface area (Å²) in [5.74, 6) is 2.50. The van der Waals surface area contributed by atoms with Gasteiger partial charge in [0.1, 0.15) is 6.61 Å². The van der Waals surface area contributed by atoms with Crippen LogP contribution in [0, 0.1) is 0 Å². The number of halogens is 1. The van der Waals surface area contributed by atoms with Gasteiger partial charge in [0.15, 0.2) is 11.5 Å². The number of anilines is 4. The van der Waals surface area contributed by atoms with Crippen molar-refractivity contribution in [3.63, 3.8) is 0 Å². The number of ether oxygens (including phenoxy) is 3. The fraction of sp³-hybridized carbons (Fsp3) is 0.214. The summed E-state index contributed by atoms with van der Waals surface area (Å²) in [7, 11) is 1.60. The van der Waals surface area contributed by atoms with Gasteiger partial charge in [0.2, 0.25) is 17.8 Å². The van der Waals surface area contributed by atoms with Gasteiger partial charge in [-0.1, -0.05) is 41.9 Å². The van der Waals surface area contributed by atoms with E-state index in [0.717, 1.165) is 16.8 Å².